The van der Waals surface area contributed by atoms with Gasteiger partial charge in [-0.25, -0.2) is 0 Å². The molecule has 0 spiro atoms. The van der Waals surface area contributed by atoms with Crippen molar-refractivity contribution in [3.63, 3.8) is 0 Å². The van der Waals surface area contributed by atoms with Crippen molar-refractivity contribution in [1.82, 2.24) is 4.90 Å². The van der Waals surface area contributed by atoms with Crippen molar-refractivity contribution in [3.05, 3.63) is 53.6 Å². The number of ether oxygens (including phenoxy) is 2. The van der Waals surface area contributed by atoms with Crippen LogP contribution in [-0.4, -0.2) is 41.7 Å². The molecule has 8 heteroatoms. The lowest BCUT2D eigenvalue weighted by atomic mass is 10.1. The van der Waals surface area contributed by atoms with E-state index < -0.39 is 17.8 Å². The summed E-state index contributed by atoms with van der Waals surface area (Å²) in [6, 6.07) is 11.1. The molecule has 4 rings (SSSR count). The first-order chi connectivity index (χ1) is 13.0. The van der Waals surface area contributed by atoms with E-state index in [9.17, 15) is 19.2 Å². The molecule has 0 atom stereocenters. The Bertz CT molecular complexity index is 949. The number of benzene rings is 2. The highest BCUT2D eigenvalue weighted by Crippen LogP contribution is 2.31. The normalized spacial score (nSPS) is 15.0. The molecule has 8 nitrogen and oxygen atoms in total. The van der Waals surface area contributed by atoms with E-state index in [-0.39, 0.29) is 31.2 Å². The number of nitrogens with one attached hydrogen (secondary N) is 1. The van der Waals surface area contributed by atoms with Crippen molar-refractivity contribution in [1.29, 1.82) is 0 Å². The van der Waals surface area contributed by atoms with E-state index in [4.69, 9.17) is 9.47 Å². The average molecular weight is 366 g/mol. The minimum Gasteiger partial charge on any atom is -0.481 e. The van der Waals surface area contributed by atoms with Crippen molar-refractivity contribution >= 4 is 29.4 Å². The van der Waals surface area contributed by atoms with Crippen molar-refractivity contribution < 1.29 is 28.7 Å². The zero-order chi connectivity index (χ0) is 19.0. The summed E-state index contributed by atoms with van der Waals surface area (Å²) in [5.74, 6) is -1.03. The van der Waals surface area contributed by atoms with Crippen LogP contribution < -0.4 is 14.8 Å². The lowest BCUT2D eigenvalue weighted by Crippen LogP contribution is -2.32. The van der Waals surface area contributed by atoms with Crippen molar-refractivity contribution in [2.75, 3.05) is 18.5 Å². The predicted octanol–water partition coefficient (Wildman–Crippen LogP) is 1.61. The molecule has 0 saturated heterocycles. The molecule has 2 aliphatic rings. The van der Waals surface area contributed by atoms with Crippen LogP contribution in [0.15, 0.2) is 42.5 Å². The summed E-state index contributed by atoms with van der Waals surface area (Å²) in [7, 11) is 0. The van der Waals surface area contributed by atoms with E-state index >= 15 is 0 Å². The standard InChI is InChI=1S/C19H14N2O6/c22-16-10-26-15-9-11(5-6-14(15)20-16)27-17(23)7-8-21-18(24)12-3-1-2-4-13(12)19(21)25/h1-6,9H,7-8,10H2,(H,20,22). The lowest BCUT2D eigenvalue weighted by Gasteiger charge is -2.18. The first-order valence-electron chi connectivity index (χ1n) is 8.25. The van der Waals surface area contributed by atoms with Gasteiger partial charge >= 0.3 is 5.97 Å². The van der Waals surface area contributed by atoms with Crippen LogP contribution in [0.4, 0.5) is 5.69 Å². The van der Waals surface area contributed by atoms with Gasteiger partial charge in [0.2, 0.25) is 0 Å². The summed E-state index contributed by atoms with van der Waals surface area (Å²) in [6.07, 6.45) is -0.139. The molecule has 0 bridgehead atoms. The molecule has 2 aromatic carbocycles. The van der Waals surface area contributed by atoms with Gasteiger partial charge in [-0.05, 0) is 24.3 Å². The number of imide groups is 1. The smallest absolute Gasteiger partial charge is 0.313 e. The molecule has 0 fully saturated rings. The second kappa shape index (κ2) is 6.56. The van der Waals surface area contributed by atoms with Gasteiger partial charge in [-0.2, -0.15) is 0 Å². The molecule has 136 valence electrons. The molecule has 2 aromatic rings. The van der Waals surface area contributed by atoms with Crippen molar-refractivity contribution in [2.24, 2.45) is 0 Å². The van der Waals surface area contributed by atoms with Crippen LogP contribution in [0.25, 0.3) is 0 Å². The van der Waals surface area contributed by atoms with E-state index in [1.165, 1.54) is 12.1 Å². The van der Waals surface area contributed by atoms with Crippen LogP contribution in [-0.2, 0) is 9.59 Å². The predicted molar refractivity (Wildman–Crippen MR) is 92.6 cm³/mol. The van der Waals surface area contributed by atoms with Gasteiger partial charge in [0.15, 0.2) is 6.61 Å². The minimum atomic E-state index is -0.591. The van der Waals surface area contributed by atoms with E-state index in [1.807, 2.05) is 0 Å². The third-order valence-electron chi connectivity index (χ3n) is 4.24. The maximum atomic E-state index is 12.3. The van der Waals surface area contributed by atoms with Gasteiger partial charge in [-0.15, -0.1) is 0 Å². The highest BCUT2D eigenvalue weighted by Gasteiger charge is 2.35. The molecule has 0 unspecified atom stereocenters. The fourth-order valence-electron chi connectivity index (χ4n) is 2.95. The fourth-order valence-corrected chi connectivity index (χ4v) is 2.95. The lowest BCUT2D eigenvalue weighted by molar-refractivity contribution is -0.134. The minimum absolute atomic E-state index is 0.0668. The monoisotopic (exact) mass is 366 g/mol. The summed E-state index contributed by atoms with van der Waals surface area (Å²) in [5, 5.41) is 2.64. The van der Waals surface area contributed by atoms with Crippen molar-refractivity contribution in [3.8, 4) is 11.5 Å². The van der Waals surface area contributed by atoms with Gasteiger partial charge < -0.3 is 14.8 Å². The van der Waals surface area contributed by atoms with Gasteiger partial charge in [-0.1, -0.05) is 12.1 Å². The zero-order valence-electron chi connectivity index (χ0n) is 14.1. The maximum absolute atomic E-state index is 12.3. The number of nitrogens with zero attached hydrogens (tertiary/aromatic N) is 1. The third-order valence-corrected chi connectivity index (χ3v) is 4.24. The van der Waals surface area contributed by atoms with Crippen molar-refractivity contribution in [2.45, 2.75) is 6.42 Å². The second-order valence-corrected chi connectivity index (χ2v) is 6.03. The molecule has 1 N–H and O–H groups in total. The molecule has 0 aromatic heterocycles. The third kappa shape index (κ3) is 3.12. The van der Waals surface area contributed by atoms with E-state index in [2.05, 4.69) is 5.32 Å². The Hall–Kier alpha value is -3.68. The fraction of sp³-hybridized carbons (Fsp3) is 0.158. The Labute approximate surface area is 153 Å². The largest absolute Gasteiger partial charge is 0.481 e. The molecule has 0 aliphatic carbocycles. The number of hydrogen-bond donors (Lipinski definition) is 1. The van der Waals surface area contributed by atoms with Crippen LogP contribution in [0.1, 0.15) is 27.1 Å². The number of fused-ring (bicyclic) bond motifs is 2. The summed E-state index contributed by atoms with van der Waals surface area (Å²) < 4.78 is 10.5. The maximum Gasteiger partial charge on any atom is 0.313 e. The van der Waals surface area contributed by atoms with Gasteiger partial charge in [0.1, 0.15) is 11.5 Å². The Balaban J connectivity index is 1.38. The molecule has 0 radical (unpaired) electrons. The number of anilines is 1. The van der Waals surface area contributed by atoms with Gasteiger partial charge in [0, 0.05) is 12.6 Å². The SMILES string of the molecule is O=C1COc2cc(OC(=O)CCN3C(=O)c4ccccc4C3=O)ccc2N1. The van der Waals surface area contributed by atoms with E-state index in [1.54, 1.807) is 30.3 Å². The van der Waals surface area contributed by atoms with Crippen LogP contribution in [0.3, 0.4) is 0 Å². The molecule has 2 heterocycles. The highest BCUT2D eigenvalue weighted by molar-refractivity contribution is 6.21. The van der Waals surface area contributed by atoms with E-state index in [0.717, 1.165) is 4.90 Å². The number of rotatable bonds is 4. The molecule has 0 saturated carbocycles. The number of esters is 1. The van der Waals surface area contributed by atoms with E-state index in [0.29, 0.717) is 22.6 Å². The van der Waals surface area contributed by atoms with Gasteiger partial charge in [0.05, 0.1) is 23.2 Å². The first-order valence-corrected chi connectivity index (χ1v) is 8.25. The molecule has 3 amide bonds. The topological polar surface area (TPSA) is 102 Å². The zero-order valence-corrected chi connectivity index (χ0v) is 14.1. The van der Waals surface area contributed by atoms with Crippen LogP contribution in [0, 0.1) is 0 Å². The number of carbonyl (C=O) groups is 4. The Morgan fingerprint density at radius 3 is 2.48 bits per heavy atom. The van der Waals surface area contributed by atoms with Crippen LogP contribution in [0.5, 0.6) is 11.5 Å². The van der Waals surface area contributed by atoms with Crippen LogP contribution >= 0.6 is 0 Å². The molecule has 2 aliphatic heterocycles. The molecular formula is C19H14N2O6. The summed E-state index contributed by atoms with van der Waals surface area (Å²) in [4.78, 5) is 48.9. The van der Waals surface area contributed by atoms with Crippen LogP contribution in [0.2, 0.25) is 0 Å². The Kier molecular flexibility index (Phi) is 4.08. The second-order valence-electron chi connectivity index (χ2n) is 6.03. The first kappa shape index (κ1) is 16.8. The average Bonchev–Trinajstić information content (AvgIpc) is 2.91. The highest BCUT2D eigenvalue weighted by atomic mass is 16.5. The van der Waals surface area contributed by atoms with Gasteiger partial charge in [-0.3, -0.25) is 24.1 Å². The summed E-state index contributed by atoms with van der Waals surface area (Å²) >= 11 is 0. The number of amides is 3. The summed E-state index contributed by atoms with van der Waals surface area (Å²) in [6.45, 7) is -0.174. The summed E-state index contributed by atoms with van der Waals surface area (Å²) in [5.41, 5.74) is 1.17. The number of hydrogen-bond acceptors (Lipinski definition) is 6. The van der Waals surface area contributed by atoms with Gasteiger partial charge in [0.25, 0.3) is 17.7 Å². The Morgan fingerprint density at radius 2 is 1.78 bits per heavy atom. The Morgan fingerprint density at radius 1 is 1.07 bits per heavy atom. The molecular weight excluding hydrogens is 352 g/mol. The number of carbonyl (C=O) groups excluding carboxylic acids is 4. The quantitative estimate of drug-likeness (QED) is 0.501. The molecule has 27 heavy (non-hydrogen) atoms.